The second-order valence-corrected chi connectivity index (χ2v) is 8.54. The van der Waals surface area contributed by atoms with Crippen molar-refractivity contribution in [1.29, 1.82) is 0 Å². The van der Waals surface area contributed by atoms with Crippen LogP contribution in [-0.4, -0.2) is 43.2 Å². The van der Waals surface area contributed by atoms with Crippen LogP contribution in [0.4, 0.5) is 5.69 Å². The number of piperidine rings is 1. The lowest BCUT2D eigenvalue weighted by atomic mass is 9.97. The van der Waals surface area contributed by atoms with E-state index >= 15 is 0 Å². The number of hydrogen-bond donors (Lipinski definition) is 1. The number of nitro groups is 1. The van der Waals surface area contributed by atoms with Crippen LogP contribution in [0, 0.1) is 16.0 Å². The van der Waals surface area contributed by atoms with Crippen molar-refractivity contribution in [1.82, 2.24) is 9.62 Å². The average molecular weight is 404 g/mol. The molecule has 1 saturated heterocycles. The molecule has 1 aliphatic rings. The molecule has 0 aromatic heterocycles. The highest BCUT2D eigenvalue weighted by Gasteiger charge is 2.33. The van der Waals surface area contributed by atoms with Gasteiger partial charge in [0.05, 0.1) is 9.82 Å². The van der Waals surface area contributed by atoms with Gasteiger partial charge in [0.1, 0.15) is 5.02 Å². The van der Waals surface area contributed by atoms with Gasteiger partial charge in [-0.25, -0.2) is 8.42 Å². The Morgan fingerprint density at radius 3 is 2.62 bits per heavy atom. The molecule has 0 unspecified atom stereocenters. The number of benzene rings is 1. The monoisotopic (exact) mass is 403 g/mol. The van der Waals surface area contributed by atoms with Crippen LogP contribution in [0.1, 0.15) is 32.6 Å². The highest BCUT2D eigenvalue weighted by molar-refractivity contribution is 7.89. The lowest BCUT2D eigenvalue weighted by Gasteiger charge is -2.30. The first kappa shape index (κ1) is 20.6. The van der Waals surface area contributed by atoms with Gasteiger partial charge in [0.25, 0.3) is 5.69 Å². The van der Waals surface area contributed by atoms with E-state index in [2.05, 4.69) is 5.32 Å². The minimum absolute atomic E-state index is 0.0439. The summed E-state index contributed by atoms with van der Waals surface area (Å²) in [4.78, 5) is 22.2. The van der Waals surface area contributed by atoms with Crippen molar-refractivity contribution in [2.75, 3.05) is 19.6 Å². The lowest BCUT2D eigenvalue weighted by Crippen LogP contribution is -2.43. The topological polar surface area (TPSA) is 110 Å². The standard InChI is InChI=1S/C16H22ClN3O5S/c1-2-3-8-18-16(21)12-6-9-19(10-7-12)26(24,25)13-4-5-14(17)15(11-13)20(22)23/h4-5,11-12H,2-3,6-10H2,1H3,(H,18,21). The van der Waals surface area contributed by atoms with Gasteiger partial charge in [0, 0.05) is 31.6 Å². The minimum atomic E-state index is -3.87. The Morgan fingerprint density at radius 2 is 2.04 bits per heavy atom. The van der Waals surface area contributed by atoms with Crippen molar-refractivity contribution in [2.45, 2.75) is 37.5 Å². The zero-order valence-corrected chi connectivity index (χ0v) is 16.1. The molecule has 1 aromatic carbocycles. The Balaban J connectivity index is 2.05. The summed E-state index contributed by atoms with van der Waals surface area (Å²) < 4.78 is 26.7. The minimum Gasteiger partial charge on any atom is -0.356 e. The second kappa shape index (κ2) is 8.79. The van der Waals surface area contributed by atoms with E-state index < -0.39 is 20.6 Å². The molecule has 0 saturated carbocycles. The van der Waals surface area contributed by atoms with Crippen LogP contribution in [0.3, 0.4) is 0 Å². The van der Waals surface area contributed by atoms with Gasteiger partial charge in [0.15, 0.2) is 0 Å². The van der Waals surface area contributed by atoms with Gasteiger partial charge in [-0.3, -0.25) is 14.9 Å². The van der Waals surface area contributed by atoms with Crippen LogP contribution in [0.15, 0.2) is 23.1 Å². The molecule has 1 fully saturated rings. The Hall–Kier alpha value is -1.71. The molecule has 8 nitrogen and oxygen atoms in total. The number of carbonyl (C=O) groups is 1. The van der Waals surface area contributed by atoms with E-state index in [1.165, 1.54) is 16.4 Å². The summed E-state index contributed by atoms with van der Waals surface area (Å²) >= 11 is 5.74. The zero-order chi connectivity index (χ0) is 19.3. The van der Waals surface area contributed by atoms with E-state index in [-0.39, 0.29) is 34.8 Å². The van der Waals surface area contributed by atoms with Gasteiger partial charge >= 0.3 is 0 Å². The summed E-state index contributed by atoms with van der Waals surface area (Å²) in [5.41, 5.74) is -0.446. The molecule has 0 bridgehead atoms. The Morgan fingerprint density at radius 1 is 1.38 bits per heavy atom. The third-order valence-electron chi connectivity index (χ3n) is 4.41. The highest BCUT2D eigenvalue weighted by Crippen LogP contribution is 2.30. The summed E-state index contributed by atoms with van der Waals surface area (Å²) in [5.74, 6) is -0.254. The molecule has 10 heteroatoms. The number of rotatable bonds is 7. The normalized spacial score (nSPS) is 16.4. The molecule has 26 heavy (non-hydrogen) atoms. The molecule has 1 aliphatic heterocycles. The molecule has 0 aliphatic carbocycles. The largest absolute Gasteiger partial charge is 0.356 e. The number of amides is 1. The van der Waals surface area contributed by atoms with E-state index in [0.717, 1.165) is 18.9 Å². The van der Waals surface area contributed by atoms with Gasteiger partial charge in [0.2, 0.25) is 15.9 Å². The van der Waals surface area contributed by atoms with Crippen molar-refractivity contribution < 1.29 is 18.1 Å². The van der Waals surface area contributed by atoms with E-state index in [1.807, 2.05) is 6.92 Å². The van der Waals surface area contributed by atoms with Crippen LogP contribution in [0.25, 0.3) is 0 Å². The van der Waals surface area contributed by atoms with Crippen molar-refractivity contribution >= 4 is 33.2 Å². The van der Waals surface area contributed by atoms with Gasteiger partial charge in [-0.05, 0) is 31.4 Å². The van der Waals surface area contributed by atoms with Crippen molar-refractivity contribution in [3.05, 3.63) is 33.3 Å². The molecule has 0 atom stereocenters. The van der Waals surface area contributed by atoms with Crippen molar-refractivity contribution in [3.8, 4) is 0 Å². The van der Waals surface area contributed by atoms with E-state index in [9.17, 15) is 23.3 Å². The SMILES string of the molecule is CCCCNC(=O)C1CCN(S(=O)(=O)c2ccc(Cl)c([N+](=O)[O-])c2)CC1. The maximum absolute atomic E-state index is 12.7. The van der Waals surface area contributed by atoms with Gasteiger partial charge in [-0.1, -0.05) is 24.9 Å². The highest BCUT2D eigenvalue weighted by atomic mass is 35.5. The summed E-state index contributed by atoms with van der Waals surface area (Å²) in [6, 6.07) is 3.44. The third kappa shape index (κ3) is 4.72. The van der Waals surface area contributed by atoms with Crippen LogP contribution in [0.2, 0.25) is 5.02 Å². The molecule has 1 heterocycles. The summed E-state index contributed by atoms with van der Waals surface area (Å²) in [6.45, 7) is 3.06. The van der Waals surface area contributed by atoms with Crippen LogP contribution in [0.5, 0.6) is 0 Å². The molecular formula is C16H22ClN3O5S. The number of nitrogens with one attached hydrogen (secondary N) is 1. The number of hydrogen-bond acceptors (Lipinski definition) is 5. The second-order valence-electron chi connectivity index (χ2n) is 6.19. The number of sulfonamides is 1. The Labute approximate surface area is 157 Å². The number of carbonyl (C=O) groups excluding carboxylic acids is 1. The van der Waals surface area contributed by atoms with Gasteiger partial charge in [-0.2, -0.15) is 4.31 Å². The predicted octanol–water partition coefficient (Wildman–Crippen LogP) is 2.57. The third-order valence-corrected chi connectivity index (χ3v) is 6.62. The Kier molecular flexibility index (Phi) is 6.96. The molecular weight excluding hydrogens is 382 g/mol. The fourth-order valence-corrected chi connectivity index (χ4v) is 4.51. The van der Waals surface area contributed by atoms with Crippen molar-refractivity contribution in [2.24, 2.45) is 5.92 Å². The van der Waals surface area contributed by atoms with Gasteiger partial charge in [-0.15, -0.1) is 0 Å². The molecule has 0 radical (unpaired) electrons. The van der Waals surface area contributed by atoms with Gasteiger partial charge < -0.3 is 5.32 Å². The zero-order valence-electron chi connectivity index (χ0n) is 14.5. The lowest BCUT2D eigenvalue weighted by molar-refractivity contribution is -0.384. The summed E-state index contributed by atoms with van der Waals surface area (Å²) in [6.07, 6.45) is 2.75. The van der Waals surface area contributed by atoms with E-state index in [0.29, 0.717) is 19.4 Å². The molecule has 1 aromatic rings. The molecule has 144 valence electrons. The summed E-state index contributed by atoms with van der Waals surface area (Å²) in [7, 11) is -3.87. The predicted molar refractivity (Wildman–Crippen MR) is 97.5 cm³/mol. The number of nitro benzene ring substituents is 1. The molecule has 1 amide bonds. The summed E-state index contributed by atoms with van der Waals surface area (Å²) in [5, 5.41) is 13.7. The molecule has 2 rings (SSSR count). The molecule has 1 N–H and O–H groups in total. The number of halogens is 1. The van der Waals surface area contributed by atoms with Crippen LogP contribution in [-0.2, 0) is 14.8 Å². The number of unbranched alkanes of at least 4 members (excludes halogenated alkanes) is 1. The first-order chi connectivity index (χ1) is 12.3. The first-order valence-corrected chi connectivity index (χ1v) is 10.3. The van der Waals surface area contributed by atoms with Crippen LogP contribution >= 0.6 is 11.6 Å². The smallest absolute Gasteiger partial charge is 0.289 e. The quantitative estimate of drug-likeness (QED) is 0.427. The fourth-order valence-electron chi connectivity index (χ4n) is 2.83. The van der Waals surface area contributed by atoms with Crippen LogP contribution < -0.4 is 5.32 Å². The number of nitrogens with zero attached hydrogens (tertiary/aromatic N) is 2. The maximum Gasteiger partial charge on any atom is 0.289 e. The van der Waals surface area contributed by atoms with E-state index in [4.69, 9.17) is 11.6 Å². The van der Waals surface area contributed by atoms with E-state index in [1.54, 1.807) is 0 Å². The maximum atomic E-state index is 12.7. The van der Waals surface area contributed by atoms with Crippen molar-refractivity contribution in [3.63, 3.8) is 0 Å². The average Bonchev–Trinajstić information content (AvgIpc) is 2.62. The first-order valence-electron chi connectivity index (χ1n) is 8.49. The molecule has 0 spiro atoms. The fraction of sp³-hybridized carbons (Fsp3) is 0.562. The Bertz CT molecular complexity index is 776.